The highest BCUT2D eigenvalue weighted by Gasteiger charge is 2.44. The zero-order valence-corrected chi connectivity index (χ0v) is 22.0. The SMILES string of the molecule is Cn1cc(-c2cn3ncc(C(=O)Nc4sc(C(=O)NCCN5CCCC56CCC6)cc4C#N)c3s2)cn1. The van der Waals surface area contributed by atoms with Crippen LogP contribution in [0.4, 0.5) is 5.00 Å². The molecule has 2 fully saturated rings. The van der Waals surface area contributed by atoms with Crippen molar-refractivity contribution in [3.8, 4) is 16.5 Å². The van der Waals surface area contributed by atoms with Gasteiger partial charge in [0, 0.05) is 43.6 Å². The Morgan fingerprint density at radius 3 is 2.70 bits per heavy atom. The molecule has 37 heavy (non-hydrogen) atoms. The van der Waals surface area contributed by atoms with E-state index in [4.69, 9.17) is 0 Å². The third-order valence-corrected chi connectivity index (χ3v) is 9.64. The first-order valence-corrected chi connectivity index (χ1v) is 13.9. The lowest BCUT2D eigenvalue weighted by Gasteiger charge is -2.46. The van der Waals surface area contributed by atoms with Crippen LogP contribution in [0.25, 0.3) is 15.3 Å². The number of nitrogens with zero attached hydrogens (tertiary/aromatic N) is 6. The predicted octanol–water partition coefficient (Wildman–Crippen LogP) is 3.73. The second-order valence-electron chi connectivity index (χ2n) is 9.65. The van der Waals surface area contributed by atoms with E-state index in [1.807, 2.05) is 19.4 Å². The van der Waals surface area contributed by atoms with Crippen molar-refractivity contribution in [2.24, 2.45) is 7.05 Å². The molecule has 2 N–H and O–H groups in total. The molecule has 2 amide bonds. The fourth-order valence-corrected chi connectivity index (χ4v) is 7.31. The number of amides is 2. The van der Waals surface area contributed by atoms with Gasteiger partial charge < -0.3 is 10.6 Å². The predicted molar refractivity (Wildman–Crippen MR) is 142 cm³/mol. The maximum Gasteiger partial charge on any atom is 0.261 e. The van der Waals surface area contributed by atoms with E-state index in [0.29, 0.717) is 32.4 Å². The van der Waals surface area contributed by atoms with Gasteiger partial charge in [0.05, 0.1) is 33.3 Å². The molecule has 5 heterocycles. The van der Waals surface area contributed by atoms with Crippen LogP contribution < -0.4 is 10.6 Å². The fraction of sp³-hybridized carbons (Fsp3) is 0.400. The van der Waals surface area contributed by atoms with Crippen LogP contribution >= 0.6 is 22.7 Å². The van der Waals surface area contributed by atoms with Gasteiger partial charge in [-0.15, -0.1) is 22.7 Å². The smallest absolute Gasteiger partial charge is 0.261 e. The van der Waals surface area contributed by atoms with Crippen molar-refractivity contribution in [2.75, 3.05) is 25.0 Å². The van der Waals surface area contributed by atoms with Crippen molar-refractivity contribution in [2.45, 2.75) is 37.6 Å². The molecule has 6 rings (SSSR count). The standard InChI is InChI=1S/C25H26N8O2S2/c1-31-14-17(12-28-31)20-15-33-24(37-20)18(13-29-33)21(34)30-23-16(11-26)10-19(36-23)22(35)27-7-9-32-8-3-6-25(32)4-2-5-25/h10,12-15H,2-9H2,1H3,(H,27,35)(H,30,34). The summed E-state index contributed by atoms with van der Waals surface area (Å²) in [6.45, 7) is 2.50. The summed E-state index contributed by atoms with van der Waals surface area (Å²) in [4.78, 5) is 30.5. The number of carbonyl (C=O) groups is 2. The summed E-state index contributed by atoms with van der Waals surface area (Å²) in [5, 5.41) is 24.3. The molecule has 1 aliphatic heterocycles. The maximum atomic E-state index is 13.1. The topological polar surface area (TPSA) is 120 Å². The van der Waals surface area contributed by atoms with E-state index in [1.54, 1.807) is 15.4 Å². The van der Waals surface area contributed by atoms with Gasteiger partial charge in [0.2, 0.25) is 0 Å². The second-order valence-corrected chi connectivity index (χ2v) is 11.7. The highest BCUT2D eigenvalue weighted by Crippen LogP contribution is 2.45. The van der Waals surface area contributed by atoms with Gasteiger partial charge in [-0.3, -0.25) is 19.2 Å². The number of aromatic nitrogens is 4. The average molecular weight is 535 g/mol. The molecule has 10 nitrogen and oxygen atoms in total. The zero-order chi connectivity index (χ0) is 25.6. The first-order valence-electron chi connectivity index (χ1n) is 12.3. The molecular weight excluding hydrogens is 508 g/mol. The van der Waals surface area contributed by atoms with Gasteiger partial charge in [-0.2, -0.15) is 15.5 Å². The van der Waals surface area contributed by atoms with Gasteiger partial charge in [-0.05, 0) is 44.7 Å². The number of thiazole rings is 1. The lowest BCUT2D eigenvalue weighted by molar-refractivity contribution is 0.0561. The number of nitrogens with one attached hydrogen (secondary N) is 2. The number of hydrogen-bond acceptors (Lipinski definition) is 8. The number of aryl methyl sites for hydroxylation is 1. The normalized spacial score (nSPS) is 16.6. The molecule has 2 aliphatic rings. The molecule has 0 unspecified atom stereocenters. The first-order chi connectivity index (χ1) is 18.0. The van der Waals surface area contributed by atoms with Crippen LogP contribution in [0.15, 0.2) is 30.9 Å². The van der Waals surface area contributed by atoms with Crippen LogP contribution in [-0.2, 0) is 7.05 Å². The van der Waals surface area contributed by atoms with Gasteiger partial charge >= 0.3 is 0 Å². The lowest BCUT2D eigenvalue weighted by atomic mass is 9.75. The van der Waals surface area contributed by atoms with Crippen molar-refractivity contribution >= 4 is 44.3 Å². The van der Waals surface area contributed by atoms with E-state index >= 15 is 0 Å². The third-order valence-electron chi connectivity index (χ3n) is 7.43. The number of anilines is 1. The van der Waals surface area contributed by atoms with Crippen molar-refractivity contribution < 1.29 is 9.59 Å². The lowest BCUT2D eigenvalue weighted by Crippen LogP contribution is -2.51. The summed E-state index contributed by atoms with van der Waals surface area (Å²) < 4.78 is 3.38. The van der Waals surface area contributed by atoms with Crippen molar-refractivity contribution in [3.05, 3.63) is 46.9 Å². The minimum Gasteiger partial charge on any atom is -0.350 e. The summed E-state index contributed by atoms with van der Waals surface area (Å²) in [5.74, 6) is -0.601. The summed E-state index contributed by atoms with van der Waals surface area (Å²) >= 11 is 2.55. The van der Waals surface area contributed by atoms with E-state index in [0.717, 1.165) is 34.9 Å². The molecule has 4 aromatic heterocycles. The largest absolute Gasteiger partial charge is 0.350 e. The van der Waals surface area contributed by atoms with Crippen molar-refractivity contribution in [1.82, 2.24) is 29.6 Å². The number of fused-ring (bicyclic) bond motifs is 1. The van der Waals surface area contributed by atoms with Gasteiger partial charge in [-0.1, -0.05) is 0 Å². The van der Waals surface area contributed by atoms with Crippen LogP contribution in [0.5, 0.6) is 0 Å². The van der Waals surface area contributed by atoms with E-state index in [-0.39, 0.29) is 17.4 Å². The summed E-state index contributed by atoms with van der Waals surface area (Å²) in [7, 11) is 1.85. The van der Waals surface area contributed by atoms with Crippen LogP contribution in [-0.4, -0.2) is 61.3 Å². The Balaban J connectivity index is 1.12. The molecule has 4 aromatic rings. The Morgan fingerprint density at radius 2 is 1.97 bits per heavy atom. The maximum absolute atomic E-state index is 13.1. The average Bonchev–Trinajstić information content (AvgIpc) is 3.65. The molecule has 12 heteroatoms. The molecule has 0 aromatic carbocycles. The Kier molecular flexibility index (Phi) is 6.06. The van der Waals surface area contributed by atoms with Crippen LogP contribution in [0, 0.1) is 11.3 Å². The number of rotatable bonds is 7. The number of thiophene rings is 1. The Labute approximate surface area is 221 Å². The number of likely N-dealkylation sites (tertiary alicyclic amines) is 1. The third kappa shape index (κ3) is 4.33. The van der Waals surface area contributed by atoms with Crippen molar-refractivity contribution in [1.29, 1.82) is 5.26 Å². The quantitative estimate of drug-likeness (QED) is 0.373. The molecule has 0 radical (unpaired) electrons. The van der Waals surface area contributed by atoms with Crippen LogP contribution in [0.2, 0.25) is 0 Å². The Morgan fingerprint density at radius 1 is 1.14 bits per heavy atom. The molecular formula is C25H26N8O2S2. The van der Waals surface area contributed by atoms with Crippen molar-refractivity contribution in [3.63, 3.8) is 0 Å². The first kappa shape index (κ1) is 23.8. The highest BCUT2D eigenvalue weighted by molar-refractivity contribution is 7.21. The van der Waals surface area contributed by atoms with Crippen LogP contribution in [0.1, 0.15) is 57.7 Å². The second kappa shape index (κ2) is 9.41. The number of hydrogen-bond donors (Lipinski definition) is 2. The molecule has 1 saturated heterocycles. The van der Waals surface area contributed by atoms with Gasteiger partial charge in [0.1, 0.15) is 15.9 Å². The number of carbonyl (C=O) groups excluding carboxylic acids is 2. The number of nitriles is 1. The van der Waals surface area contributed by atoms with E-state index < -0.39 is 0 Å². The summed E-state index contributed by atoms with van der Waals surface area (Å²) in [6.07, 6.45) is 13.4. The highest BCUT2D eigenvalue weighted by atomic mass is 32.1. The van der Waals surface area contributed by atoms with Gasteiger partial charge in [-0.25, -0.2) is 4.52 Å². The van der Waals surface area contributed by atoms with Gasteiger partial charge in [0.25, 0.3) is 11.8 Å². The minimum absolute atomic E-state index is 0.226. The monoisotopic (exact) mass is 534 g/mol. The molecule has 1 aliphatic carbocycles. The minimum atomic E-state index is -0.375. The fourth-order valence-electron chi connectivity index (χ4n) is 5.36. The summed E-state index contributed by atoms with van der Waals surface area (Å²) in [5.41, 5.74) is 1.98. The molecule has 0 bridgehead atoms. The van der Waals surface area contributed by atoms with E-state index in [9.17, 15) is 14.9 Å². The van der Waals surface area contributed by atoms with Crippen LogP contribution in [0.3, 0.4) is 0 Å². The van der Waals surface area contributed by atoms with E-state index in [1.165, 1.54) is 55.7 Å². The Hall–Kier alpha value is -3.53. The zero-order valence-electron chi connectivity index (χ0n) is 20.4. The molecule has 1 spiro atoms. The molecule has 0 atom stereocenters. The van der Waals surface area contributed by atoms with E-state index in [2.05, 4.69) is 31.8 Å². The Bertz CT molecular complexity index is 1530. The van der Waals surface area contributed by atoms with Gasteiger partial charge in [0.15, 0.2) is 0 Å². The molecule has 1 saturated carbocycles. The molecule has 190 valence electrons. The summed E-state index contributed by atoms with van der Waals surface area (Å²) in [6, 6.07) is 3.63.